The van der Waals surface area contributed by atoms with Crippen LogP contribution in [0.3, 0.4) is 0 Å². The molecular weight excluding hydrogens is 306 g/mol. The predicted octanol–water partition coefficient (Wildman–Crippen LogP) is 4.86. The third kappa shape index (κ3) is 3.50. The average Bonchev–Trinajstić information content (AvgIpc) is 3.12. The molecule has 3 aromatic rings. The summed E-state index contributed by atoms with van der Waals surface area (Å²) in [6, 6.07) is 10.5. The van der Waals surface area contributed by atoms with Crippen LogP contribution in [-0.2, 0) is 12.3 Å². The molecule has 0 bridgehead atoms. The first-order valence-electron chi connectivity index (χ1n) is 7.85. The quantitative estimate of drug-likeness (QED) is 0.607. The van der Waals surface area contributed by atoms with Gasteiger partial charge in [0.15, 0.2) is 11.0 Å². The fourth-order valence-electron chi connectivity index (χ4n) is 2.59. The van der Waals surface area contributed by atoms with Crippen LogP contribution in [-0.4, -0.2) is 14.8 Å². The molecule has 0 spiro atoms. The molecule has 0 atom stereocenters. The Hall–Kier alpha value is -2.01. The third-order valence-corrected chi connectivity index (χ3v) is 4.75. The molecule has 0 saturated heterocycles. The van der Waals surface area contributed by atoms with E-state index in [0.29, 0.717) is 0 Å². The fraction of sp³-hybridized carbons (Fsp3) is 0.333. The lowest BCUT2D eigenvalue weighted by Gasteiger charge is -2.08. The Balaban J connectivity index is 1.85. The van der Waals surface area contributed by atoms with Gasteiger partial charge >= 0.3 is 0 Å². The van der Waals surface area contributed by atoms with Gasteiger partial charge in [0, 0.05) is 12.3 Å². The molecule has 0 radical (unpaired) electrons. The van der Waals surface area contributed by atoms with E-state index in [0.717, 1.165) is 41.0 Å². The molecule has 4 nitrogen and oxygen atoms in total. The maximum absolute atomic E-state index is 5.42. The van der Waals surface area contributed by atoms with Gasteiger partial charge in [0.05, 0.1) is 11.8 Å². The number of aryl methyl sites for hydroxylation is 2. The second-order valence-corrected chi connectivity index (χ2v) is 6.57. The predicted molar refractivity (Wildman–Crippen MR) is 93.5 cm³/mol. The number of hydrogen-bond donors (Lipinski definition) is 0. The number of hydrogen-bond acceptors (Lipinski definition) is 4. The Morgan fingerprint density at radius 2 is 2.04 bits per heavy atom. The second-order valence-electron chi connectivity index (χ2n) is 5.63. The Labute approximate surface area is 140 Å². The minimum atomic E-state index is 0.880. The highest BCUT2D eigenvalue weighted by molar-refractivity contribution is 7.98. The van der Waals surface area contributed by atoms with Crippen LogP contribution in [0.4, 0.5) is 0 Å². The molecule has 23 heavy (non-hydrogen) atoms. The standard InChI is InChI=1S/C18H21N3OS/c1-4-9-21-17(16-8-10-22-14(16)3)19-20-18(21)23-12-15-7-5-6-13(2)11-15/h5-8,10-11H,4,9,12H2,1-3H3. The van der Waals surface area contributed by atoms with Crippen LogP contribution in [0.5, 0.6) is 0 Å². The fourth-order valence-corrected chi connectivity index (χ4v) is 3.49. The SMILES string of the molecule is CCCn1c(SCc2cccc(C)c2)nnc1-c1ccoc1C. The van der Waals surface area contributed by atoms with E-state index in [9.17, 15) is 0 Å². The maximum Gasteiger partial charge on any atom is 0.191 e. The Bertz CT molecular complexity index is 791. The first kappa shape index (κ1) is 15.9. The van der Waals surface area contributed by atoms with Gasteiger partial charge in [-0.3, -0.25) is 0 Å². The van der Waals surface area contributed by atoms with E-state index in [1.807, 2.05) is 13.0 Å². The van der Waals surface area contributed by atoms with Crippen LogP contribution in [0.15, 0.2) is 46.2 Å². The van der Waals surface area contributed by atoms with Crippen LogP contribution in [0, 0.1) is 13.8 Å². The summed E-state index contributed by atoms with van der Waals surface area (Å²) in [6.07, 6.45) is 2.75. The van der Waals surface area contributed by atoms with Crippen molar-refractivity contribution in [2.45, 2.75) is 44.6 Å². The number of furan rings is 1. The smallest absolute Gasteiger partial charge is 0.191 e. The Kier molecular flexibility index (Phi) is 4.86. The monoisotopic (exact) mass is 327 g/mol. The third-order valence-electron chi connectivity index (χ3n) is 3.71. The first-order chi connectivity index (χ1) is 11.2. The van der Waals surface area contributed by atoms with E-state index in [1.54, 1.807) is 18.0 Å². The van der Waals surface area contributed by atoms with E-state index in [1.165, 1.54) is 11.1 Å². The summed E-state index contributed by atoms with van der Waals surface area (Å²) in [6.45, 7) is 7.15. The van der Waals surface area contributed by atoms with Crippen LogP contribution in [0.1, 0.15) is 30.2 Å². The average molecular weight is 327 g/mol. The van der Waals surface area contributed by atoms with E-state index in [-0.39, 0.29) is 0 Å². The van der Waals surface area contributed by atoms with Crippen LogP contribution < -0.4 is 0 Å². The van der Waals surface area contributed by atoms with Gasteiger partial charge in [-0.05, 0) is 31.9 Å². The lowest BCUT2D eigenvalue weighted by atomic mass is 10.2. The van der Waals surface area contributed by atoms with Crippen molar-refractivity contribution in [3.05, 3.63) is 53.5 Å². The van der Waals surface area contributed by atoms with Gasteiger partial charge in [0.1, 0.15) is 5.76 Å². The molecule has 0 saturated carbocycles. The van der Waals surface area contributed by atoms with Gasteiger partial charge in [-0.15, -0.1) is 10.2 Å². The van der Waals surface area contributed by atoms with E-state index < -0.39 is 0 Å². The number of aromatic nitrogens is 3. The molecule has 0 N–H and O–H groups in total. The molecule has 2 aromatic heterocycles. The Morgan fingerprint density at radius 1 is 1.17 bits per heavy atom. The van der Waals surface area contributed by atoms with Crippen molar-refractivity contribution in [1.29, 1.82) is 0 Å². The number of thioether (sulfide) groups is 1. The summed E-state index contributed by atoms with van der Waals surface area (Å²) in [5.74, 6) is 2.67. The highest BCUT2D eigenvalue weighted by atomic mass is 32.2. The number of benzene rings is 1. The zero-order chi connectivity index (χ0) is 16.2. The molecule has 5 heteroatoms. The molecule has 0 fully saturated rings. The maximum atomic E-state index is 5.42. The molecule has 2 heterocycles. The first-order valence-corrected chi connectivity index (χ1v) is 8.83. The summed E-state index contributed by atoms with van der Waals surface area (Å²) >= 11 is 1.73. The molecule has 120 valence electrons. The molecule has 0 unspecified atom stereocenters. The lowest BCUT2D eigenvalue weighted by Crippen LogP contribution is -2.02. The lowest BCUT2D eigenvalue weighted by molar-refractivity contribution is 0.534. The molecule has 0 aliphatic rings. The number of nitrogens with zero attached hydrogens (tertiary/aromatic N) is 3. The van der Waals surface area contributed by atoms with E-state index in [4.69, 9.17) is 4.42 Å². The van der Waals surface area contributed by atoms with Crippen LogP contribution >= 0.6 is 11.8 Å². The summed E-state index contributed by atoms with van der Waals surface area (Å²) in [5, 5.41) is 9.77. The van der Waals surface area contributed by atoms with Gasteiger partial charge in [-0.1, -0.05) is 48.5 Å². The van der Waals surface area contributed by atoms with Crippen LogP contribution in [0.25, 0.3) is 11.4 Å². The van der Waals surface area contributed by atoms with Crippen molar-refractivity contribution in [3.8, 4) is 11.4 Å². The second kappa shape index (κ2) is 7.04. The number of rotatable bonds is 6. The van der Waals surface area contributed by atoms with Crippen molar-refractivity contribution in [3.63, 3.8) is 0 Å². The van der Waals surface area contributed by atoms with Gasteiger partial charge in [-0.25, -0.2) is 0 Å². The van der Waals surface area contributed by atoms with Crippen molar-refractivity contribution >= 4 is 11.8 Å². The van der Waals surface area contributed by atoms with Crippen LogP contribution in [0.2, 0.25) is 0 Å². The van der Waals surface area contributed by atoms with E-state index in [2.05, 4.69) is 52.9 Å². The molecule has 0 aliphatic carbocycles. The summed E-state index contributed by atoms with van der Waals surface area (Å²) in [7, 11) is 0. The van der Waals surface area contributed by atoms with Crippen molar-refractivity contribution in [2.24, 2.45) is 0 Å². The zero-order valence-corrected chi connectivity index (χ0v) is 14.6. The van der Waals surface area contributed by atoms with Crippen molar-refractivity contribution in [2.75, 3.05) is 0 Å². The molecule has 0 aliphatic heterocycles. The topological polar surface area (TPSA) is 43.9 Å². The zero-order valence-electron chi connectivity index (χ0n) is 13.7. The summed E-state index contributed by atoms with van der Waals surface area (Å²) in [4.78, 5) is 0. The minimum absolute atomic E-state index is 0.880. The van der Waals surface area contributed by atoms with E-state index >= 15 is 0 Å². The molecular formula is C18H21N3OS. The molecule has 0 amide bonds. The Morgan fingerprint density at radius 3 is 2.74 bits per heavy atom. The summed E-state index contributed by atoms with van der Waals surface area (Å²) < 4.78 is 7.61. The summed E-state index contributed by atoms with van der Waals surface area (Å²) in [5.41, 5.74) is 3.61. The van der Waals surface area contributed by atoms with Gasteiger partial charge in [0.25, 0.3) is 0 Å². The molecule has 3 rings (SSSR count). The van der Waals surface area contributed by atoms with Gasteiger partial charge in [-0.2, -0.15) is 0 Å². The van der Waals surface area contributed by atoms with Crippen molar-refractivity contribution < 1.29 is 4.42 Å². The largest absolute Gasteiger partial charge is 0.469 e. The van der Waals surface area contributed by atoms with Gasteiger partial charge in [0.2, 0.25) is 0 Å². The minimum Gasteiger partial charge on any atom is -0.469 e. The molecule has 1 aromatic carbocycles. The van der Waals surface area contributed by atoms with Gasteiger partial charge < -0.3 is 8.98 Å². The van der Waals surface area contributed by atoms with Crippen molar-refractivity contribution in [1.82, 2.24) is 14.8 Å². The highest BCUT2D eigenvalue weighted by Gasteiger charge is 2.16. The normalized spacial score (nSPS) is 11.1. The highest BCUT2D eigenvalue weighted by Crippen LogP contribution is 2.29.